The molecule has 3 aromatic rings. The maximum atomic E-state index is 4.79. The summed E-state index contributed by atoms with van der Waals surface area (Å²) in [5.74, 6) is 0.987. The molecule has 2 aliphatic heterocycles. The molecular weight excluding hydrogens is 362 g/mol. The second kappa shape index (κ2) is 7.40. The number of fused-ring (bicyclic) bond motifs is 1. The van der Waals surface area contributed by atoms with Gasteiger partial charge in [0.15, 0.2) is 0 Å². The van der Waals surface area contributed by atoms with Gasteiger partial charge in [0.1, 0.15) is 12.1 Å². The van der Waals surface area contributed by atoms with Gasteiger partial charge in [-0.25, -0.2) is 9.97 Å². The van der Waals surface area contributed by atoms with Gasteiger partial charge in [-0.05, 0) is 31.0 Å². The van der Waals surface area contributed by atoms with Gasteiger partial charge >= 0.3 is 0 Å². The predicted octanol–water partition coefficient (Wildman–Crippen LogP) is 2.75. The molecule has 0 atom stereocenters. The van der Waals surface area contributed by atoms with Crippen molar-refractivity contribution in [1.82, 2.24) is 25.1 Å². The number of piperazine rings is 1. The Morgan fingerprint density at radius 3 is 2.62 bits per heavy atom. The first kappa shape index (κ1) is 18.0. The third kappa shape index (κ3) is 3.42. The number of benzene rings is 1. The van der Waals surface area contributed by atoms with Crippen molar-refractivity contribution in [2.24, 2.45) is 4.99 Å². The number of H-pyrrole nitrogens is 1. The Balaban J connectivity index is 1.41. The topological polar surface area (TPSA) is 73.3 Å². The second-order valence-electron chi connectivity index (χ2n) is 7.90. The van der Waals surface area contributed by atoms with Crippen LogP contribution in [0.5, 0.6) is 0 Å². The molecule has 0 unspecified atom stereocenters. The monoisotopic (exact) mass is 387 g/mol. The first-order valence-electron chi connectivity index (χ1n) is 10.2. The van der Waals surface area contributed by atoms with Crippen LogP contribution in [0, 0.1) is 0 Å². The van der Waals surface area contributed by atoms with Crippen molar-refractivity contribution in [3.8, 4) is 11.1 Å². The van der Waals surface area contributed by atoms with Crippen molar-refractivity contribution >= 4 is 11.5 Å². The van der Waals surface area contributed by atoms with Crippen LogP contribution in [0.15, 0.2) is 48.0 Å². The molecular formula is C22H25N7. The van der Waals surface area contributed by atoms with Gasteiger partial charge in [0.05, 0.1) is 24.1 Å². The molecule has 0 radical (unpaired) electrons. The van der Waals surface area contributed by atoms with Crippen LogP contribution in [-0.4, -0.2) is 63.0 Å². The van der Waals surface area contributed by atoms with E-state index in [9.17, 15) is 0 Å². The normalized spacial score (nSPS) is 16.9. The number of anilines is 1. The van der Waals surface area contributed by atoms with E-state index >= 15 is 0 Å². The third-order valence-corrected chi connectivity index (χ3v) is 5.87. The Hall–Kier alpha value is -3.06. The highest BCUT2D eigenvalue weighted by molar-refractivity contribution is 6.14. The summed E-state index contributed by atoms with van der Waals surface area (Å²) < 4.78 is 0. The van der Waals surface area contributed by atoms with Crippen molar-refractivity contribution in [3.05, 3.63) is 59.8 Å². The van der Waals surface area contributed by atoms with Crippen molar-refractivity contribution in [2.45, 2.75) is 26.4 Å². The van der Waals surface area contributed by atoms with Gasteiger partial charge in [-0.3, -0.25) is 15.0 Å². The molecule has 29 heavy (non-hydrogen) atoms. The summed E-state index contributed by atoms with van der Waals surface area (Å²) in [5.41, 5.74) is 6.44. The first-order valence-corrected chi connectivity index (χ1v) is 10.2. The minimum absolute atomic E-state index is 0.590. The maximum Gasteiger partial charge on any atom is 0.132 e. The van der Waals surface area contributed by atoms with Gasteiger partial charge in [-0.15, -0.1) is 0 Å². The molecule has 7 heteroatoms. The van der Waals surface area contributed by atoms with Crippen LogP contribution in [0.4, 0.5) is 5.82 Å². The molecule has 148 valence electrons. The molecule has 0 spiro atoms. The van der Waals surface area contributed by atoms with Crippen LogP contribution in [-0.2, 0) is 6.54 Å². The zero-order valence-corrected chi connectivity index (χ0v) is 16.8. The summed E-state index contributed by atoms with van der Waals surface area (Å²) in [4.78, 5) is 18.8. The van der Waals surface area contributed by atoms with E-state index in [0.717, 1.165) is 60.1 Å². The largest absolute Gasteiger partial charge is 0.354 e. The highest BCUT2D eigenvalue weighted by atomic mass is 15.3. The van der Waals surface area contributed by atoms with E-state index in [4.69, 9.17) is 4.99 Å². The standard InChI is InChI=1S/C22H25N7/c1-15(2)28-5-7-29(8-6-28)21-10-20(24-14-25-21)22-19-9-16(18-12-26-27-13-18)3-4-17(19)11-23-22/h3-4,9-10,12-15H,5-8,11H2,1-2H3,(H,26,27). The summed E-state index contributed by atoms with van der Waals surface area (Å²) in [7, 11) is 0. The highest BCUT2D eigenvalue weighted by Crippen LogP contribution is 2.28. The minimum Gasteiger partial charge on any atom is -0.354 e. The van der Waals surface area contributed by atoms with E-state index in [2.05, 4.69) is 68.1 Å². The van der Waals surface area contributed by atoms with Gasteiger partial charge < -0.3 is 4.90 Å². The minimum atomic E-state index is 0.590. The molecule has 2 aliphatic rings. The second-order valence-corrected chi connectivity index (χ2v) is 7.90. The fraction of sp³-hybridized carbons (Fsp3) is 0.364. The van der Waals surface area contributed by atoms with Crippen molar-refractivity contribution in [1.29, 1.82) is 0 Å². The summed E-state index contributed by atoms with van der Waals surface area (Å²) in [6.07, 6.45) is 5.42. The van der Waals surface area contributed by atoms with E-state index < -0.39 is 0 Å². The van der Waals surface area contributed by atoms with Crippen LogP contribution < -0.4 is 4.90 Å². The molecule has 2 aromatic heterocycles. The van der Waals surface area contributed by atoms with Crippen molar-refractivity contribution in [3.63, 3.8) is 0 Å². The fourth-order valence-electron chi connectivity index (χ4n) is 4.11. The average Bonchev–Trinajstić information content (AvgIpc) is 3.43. The number of aliphatic imine (C=N–C) groups is 1. The lowest BCUT2D eigenvalue weighted by Crippen LogP contribution is -2.49. The van der Waals surface area contributed by atoms with Gasteiger partial charge in [-0.1, -0.05) is 12.1 Å². The lowest BCUT2D eigenvalue weighted by atomic mass is 9.98. The fourth-order valence-corrected chi connectivity index (χ4v) is 4.11. The highest BCUT2D eigenvalue weighted by Gasteiger charge is 2.23. The Kier molecular flexibility index (Phi) is 4.60. The molecule has 0 amide bonds. The Labute approximate surface area is 170 Å². The van der Waals surface area contributed by atoms with E-state index in [-0.39, 0.29) is 0 Å². The zero-order chi connectivity index (χ0) is 19.8. The molecule has 0 saturated carbocycles. The lowest BCUT2D eigenvalue weighted by molar-refractivity contribution is 0.209. The molecule has 1 fully saturated rings. The summed E-state index contributed by atoms with van der Waals surface area (Å²) in [6, 6.07) is 9.15. The Morgan fingerprint density at radius 1 is 1.00 bits per heavy atom. The van der Waals surface area contributed by atoms with Gasteiger partial charge in [-0.2, -0.15) is 5.10 Å². The van der Waals surface area contributed by atoms with Crippen LogP contribution in [0.1, 0.15) is 30.7 Å². The van der Waals surface area contributed by atoms with Gasteiger partial charge in [0, 0.05) is 55.6 Å². The van der Waals surface area contributed by atoms with Crippen molar-refractivity contribution in [2.75, 3.05) is 31.1 Å². The average molecular weight is 387 g/mol. The molecule has 0 bridgehead atoms. The number of nitrogens with one attached hydrogen (secondary N) is 1. The smallest absolute Gasteiger partial charge is 0.132 e. The van der Waals surface area contributed by atoms with Crippen molar-refractivity contribution < 1.29 is 0 Å². The molecule has 0 aliphatic carbocycles. The molecule has 5 rings (SSSR count). The van der Waals surface area contributed by atoms with Gasteiger partial charge in [0.25, 0.3) is 0 Å². The quantitative estimate of drug-likeness (QED) is 0.745. The van der Waals surface area contributed by atoms with Gasteiger partial charge in [0.2, 0.25) is 0 Å². The van der Waals surface area contributed by atoms with Crippen LogP contribution in [0.2, 0.25) is 0 Å². The van der Waals surface area contributed by atoms with Crippen LogP contribution in [0.3, 0.4) is 0 Å². The summed E-state index contributed by atoms with van der Waals surface area (Å²) in [5, 5.41) is 6.95. The van der Waals surface area contributed by atoms with E-state index in [1.807, 2.05) is 12.4 Å². The first-order chi connectivity index (χ1) is 14.2. The molecule has 1 N–H and O–H groups in total. The van der Waals surface area contributed by atoms with Crippen LogP contribution in [0.25, 0.3) is 11.1 Å². The van der Waals surface area contributed by atoms with E-state index in [1.54, 1.807) is 6.33 Å². The van der Waals surface area contributed by atoms with E-state index in [1.165, 1.54) is 5.56 Å². The SMILES string of the molecule is CC(C)N1CCN(c2cc(C3=NCc4ccc(-c5cn[nH]c5)cc43)ncn2)CC1. The Morgan fingerprint density at radius 2 is 1.86 bits per heavy atom. The van der Waals surface area contributed by atoms with E-state index in [0.29, 0.717) is 12.6 Å². The number of hydrogen-bond donors (Lipinski definition) is 1. The molecule has 1 aromatic carbocycles. The van der Waals surface area contributed by atoms with Crippen LogP contribution >= 0.6 is 0 Å². The molecule has 4 heterocycles. The Bertz CT molecular complexity index is 1030. The number of nitrogens with zero attached hydrogens (tertiary/aromatic N) is 6. The summed E-state index contributed by atoms with van der Waals surface area (Å²) in [6.45, 7) is 9.31. The molecule has 1 saturated heterocycles. The molecule has 7 nitrogen and oxygen atoms in total. The maximum absolute atomic E-state index is 4.79. The number of aromatic nitrogens is 4. The number of aromatic amines is 1. The lowest BCUT2D eigenvalue weighted by Gasteiger charge is -2.37. The summed E-state index contributed by atoms with van der Waals surface area (Å²) >= 11 is 0. The zero-order valence-electron chi connectivity index (χ0n) is 16.8. The number of rotatable bonds is 4. The number of hydrogen-bond acceptors (Lipinski definition) is 6. The predicted molar refractivity (Wildman–Crippen MR) is 114 cm³/mol. The third-order valence-electron chi connectivity index (χ3n) is 5.87.